The van der Waals surface area contributed by atoms with Crippen LogP contribution in [-0.2, 0) is 4.79 Å². The van der Waals surface area contributed by atoms with Gasteiger partial charge >= 0.3 is 0 Å². The Morgan fingerprint density at radius 2 is 2.04 bits per heavy atom. The number of halogens is 1. The van der Waals surface area contributed by atoms with E-state index in [1.165, 1.54) is 29.2 Å². The number of rotatable bonds is 3. The van der Waals surface area contributed by atoms with Crippen molar-refractivity contribution in [2.75, 3.05) is 0 Å². The molecular formula is C19H19FN6O2. The Morgan fingerprint density at radius 3 is 2.68 bits per heavy atom. The molecule has 28 heavy (non-hydrogen) atoms. The normalized spacial score (nSPS) is 18.3. The van der Waals surface area contributed by atoms with Gasteiger partial charge in [0, 0.05) is 29.4 Å². The topological polar surface area (TPSA) is 102 Å². The van der Waals surface area contributed by atoms with Crippen molar-refractivity contribution in [3.63, 3.8) is 0 Å². The molecule has 0 spiro atoms. The Bertz CT molecular complexity index is 1090. The summed E-state index contributed by atoms with van der Waals surface area (Å²) >= 11 is 0. The van der Waals surface area contributed by atoms with Gasteiger partial charge in [0.25, 0.3) is 11.9 Å². The van der Waals surface area contributed by atoms with Gasteiger partial charge in [0.15, 0.2) is 0 Å². The minimum Gasteiger partial charge on any atom is -0.349 e. The molecule has 1 saturated heterocycles. The van der Waals surface area contributed by atoms with Gasteiger partial charge in [-0.3, -0.25) is 9.59 Å². The van der Waals surface area contributed by atoms with E-state index in [9.17, 15) is 14.0 Å². The molecule has 2 amide bonds. The summed E-state index contributed by atoms with van der Waals surface area (Å²) in [6.45, 7) is 5.61. The van der Waals surface area contributed by atoms with Gasteiger partial charge < -0.3 is 10.6 Å². The molecule has 144 valence electrons. The fourth-order valence-electron chi connectivity index (χ4n) is 3.38. The molecule has 1 unspecified atom stereocenters. The first-order chi connectivity index (χ1) is 13.2. The summed E-state index contributed by atoms with van der Waals surface area (Å²) in [5.74, 6) is -0.809. The van der Waals surface area contributed by atoms with Crippen LogP contribution in [0.4, 0.5) is 4.39 Å². The predicted molar refractivity (Wildman–Crippen MR) is 99.4 cm³/mol. The molecule has 1 fully saturated rings. The first-order valence-corrected chi connectivity index (χ1v) is 8.84. The maximum absolute atomic E-state index is 13.6. The van der Waals surface area contributed by atoms with Crippen LogP contribution in [0, 0.1) is 12.7 Å². The van der Waals surface area contributed by atoms with Crippen molar-refractivity contribution >= 4 is 22.7 Å². The van der Waals surface area contributed by atoms with Gasteiger partial charge in [0.1, 0.15) is 11.9 Å². The zero-order valence-corrected chi connectivity index (χ0v) is 15.7. The molecule has 2 N–H and O–H groups in total. The van der Waals surface area contributed by atoms with E-state index in [4.69, 9.17) is 0 Å². The highest BCUT2D eigenvalue weighted by molar-refractivity contribution is 5.98. The van der Waals surface area contributed by atoms with E-state index in [2.05, 4.69) is 25.7 Å². The summed E-state index contributed by atoms with van der Waals surface area (Å²) < 4.78 is 15.1. The van der Waals surface area contributed by atoms with E-state index in [0.29, 0.717) is 11.9 Å². The Hall–Kier alpha value is -3.36. The summed E-state index contributed by atoms with van der Waals surface area (Å²) in [5, 5.41) is 10.7. The smallest absolute Gasteiger partial charge is 0.255 e. The molecule has 9 heteroatoms. The molecule has 0 saturated carbocycles. The second-order valence-electron chi connectivity index (χ2n) is 7.53. The molecule has 8 nitrogen and oxygen atoms in total. The van der Waals surface area contributed by atoms with Gasteiger partial charge in [-0.25, -0.2) is 14.4 Å². The van der Waals surface area contributed by atoms with Crippen LogP contribution >= 0.6 is 0 Å². The van der Waals surface area contributed by atoms with Crippen LogP contribution in [0.3, 0.4) is 0 Å². The van der Waals surface area contributed by atoms with Crippen molar-refractivity contribution < 1.29 is 14.0 Å². The zero-order chi connectivity index (χ0) is 20.1. The van der Waals surface area contributed by atoms with E-state index in [-0.39, 0.29) is 28.8 Å². The van der Waals surface area contributed by atoms with Crippen LogP contribution in [0.25, 0.3) is 16.9 Å². The maximum atomic E-state index is 13.6. The second kappa shape index (κ2) is 6.36. The van der Waals surface area contributed by atoms with Gasteiger partial charge in [0.2, 0.25) is 5.91 Å². The van der Waals surface area contributed by atoms with Crippen LogP contribution < -0.4 is 10.6 Å². The first-order valence-electron chi connectivity index (χ1n) is 8.84. The number of carbonyl (C=O) groups excluding carboxylic acids is 2. The SMILES string of the molecule is Cc1nn(-c2ncc(C(=O)NC3CC(C)(C)NC3=O)cn2)c2cc(F)ccc12. The van der Waals surface area contributed by atoms with Crippen molar-refractivity contribution in [2.45, 2.75) is 38.8 Å². The number of hydrogen-bond donors (Lipinski definition) is 2. The Balaban J connectivity index is 1.57. The minimum absolute atomic E-state index is 0.212. The number of benzene rings is 1. The lowest BCUT2D eigenvalue weighted by atomic mass is 10.0. The quantitative estimate of drug-likeness (QED) is 0.717. The average Bonchev–Trinajstić information content (AvgIpc) is 3.09. The average molecular weight is 382 g/mol. The van der Waals surface area contributed by atoms with E-state index in [1.807, 2.05) is 20.8 Å². The van der Waals surface area contributed by atoms with Gasteiger partial charge in [-0.2, -0.15) is 9.78 Å². The van der Waals surface area contributed by atoms with E-state index < -0.39 is 11.9 Å². The second-order valence-corrected chi connectivity index (χ2v) is 7.53. The van der Waals surface area contributed by atoms with E-state index in [1.54, 1.807) is 6.07 Å². The molecule has 0 radical (unpaired) electrons. The van der Waals surface area contributed by atoms with Crippen LogP contribution in [-0.4, -0.2) is 43.1 Å². The number of amides is 2. The van der Waals surface area contributed by atoms with Crippen molar-refractivity contribution in [3.8, 4) is 5.95 Å². The molecule has 0 bridgehead atoms. The number of aryl methyl sites for hydroxylation is 1. The lowest BCUT2D eigenvalue weighted by Gasteiger charge is -2.16. The van der Waals surface area contributed by atoms with Gasteiger partial charge in [-0.05, 0) is 39.3 Å². The molecule has 1 aliphatic rings. The summed E-state index contributed by atoms with van der Waals surface area (Å²) in [4.78, 5) is 32.8. The van der Waals surface area contributed by atoms with E-state index >= 15 is 0 Å². The lowest BCUT2D eigenvalue weighted by molar-refractivity contribution is -0.121. The number of aromatic nitrogens is 4. The van der Waals surface area contributed by atoms with Crippen molar-refractivity contribution in [1.82, 2.24) is 30.4 Å². The molecule has 1 aliphatic heterocycles. The number of fused-ring (bicyclic) bond motifs is 1. The number of nitrogens with zero attached hydrogens (tertiary/aromatic N) is 4. The maximum Gasteiger partial charge on any atom is 0.255 e. The third-order valence-electron chi connectivity index (χ3n) is 4.72. The molecular weight excluding hydrogens is 363 g/mol. The highest BCUT2D eigenvalue weighted by Gasteiger charge is 2.38. The third kappa shape index (κ3) is 3.19. The monoisotopic (exact) mass is 382 g/mol. The van der Waals surface area contributed by atoms with Crippen molar-refractivity contribution in [2.24, 2.45) is 0 Å². The molecule has 3 heterocycles. The first kappa shape index (κ1) is 18.0. The Kier molecular flexibility index (Phi) is 4.10. The summed E-state index contributed by atoms with van der Waals surface area (Å²) in [6, 6.07) is 3.79. The molecule has 4 rings (SSSR count). The van der Waals surface area contributed by atoms with Gasteiger partial charge in [-0.1, -0.05) is 0 Å². The summed E-state index contributed by atoms with van der Waals surface area (Å²) in [7, 11) is 0. The van der Waals surface area contributed by atoms with Crippen molar-refractivity contribution in [3.05, 3.63) is 47.7 Å². The van der Waals surface area contributed by atoms with E-state index in [0.717, 1.165) is 11.1 Å². The molecule has 1 atom stereocenters. The Labute approximate surface area is 160 Å². The zero-order valence-electron chi connectivity index (χ0n) is 15.7. The minimum atomic E-state index is -0.595. The number of nitrogens with one attached hydrogen (secondary N) is 2. The fraction of sp³-hybridized carbons (Fsp3) is 0.316. The van der Waals surface area contributed by atoms with Crippen LogP contribution in [0.5, 0.6) is 0 Å². The van der Waals surface area contributed by atoms with Gasteiger partial charge in [0.05, 0.1) is 16.8 Å². The largest absolute Gasteiger partial charge is 0.349 e. The van der Waals surface area contributed by atoms with Crippen LogP contribution in [0.1, 0.15) is 36.3 Å². The Morgan fingerprint density at radius 1 is 1.32 bits per heavy atom. The molecule has 2 aromatic heterocycles. The highest BCUT2D eigenvalue weighted by Crippen LogP contribution is 2.22. The number of carbonyl (C=O) groups is 2. The summed E-state index contributed by atoms with van der Waals surface area (Å²) in [5.41, 5.74) is 1.12. The van der Waals surface area contributed by atoms with Crippen LogP contribution in [0.2, 0.25) is 0 Å². The standard InChI is InChI=1S/C19H19FN6O2/c1-10-13-5-4-12(20)6-15(13)26(25-10)18-21-8-11(9-22-18)16(27)23-14-7-19(2,3)24-17(14)28/h4-6,8-9,14H,7H2,1-3H3,(H,23,27)(H,24,28). The lowest BCUT2D eigenvalue weighted by Crippen LogP contribution is -2.40. The molecule has 0 aliphatic carbocycles. The number of hydrogen-bond acceptors (Lipinski definition) is 5. The molecule has 1 aromatic carbocycles. The predicted octanol–water partition coefficient (Wildman–Crippen LogP) is 1.66. The highest BCUT2D eigenvalue weighted by atomic mass is 19.1. The summed E-state index contributed by atoms with van der Waals surface area (Å²) in [6.07, 6.45) is 3.22. The molecule has 3 aromatic rings. The third-order valence-corrected chi connectivity index (χ3v) is 4.72. The van der Waals surface area contributed by atoms with Gasteiger partial charge in [-0.15, -0.1) is 0 Å². The fourth-order valence-corrected chi connectivity index (χ4v) is 3.38. The van der Waals surface area contributed by atoms with Crippen LogP contribution in [0.15, 0.2) is 30.6 Å². The van der Waals surface area contributed by atoms with Crippen molar-refractivity contribution in [1.29, 1.82) is 0 Å².